The molecule has 3 saturated heterocycles. The van der Waals surface area contributed by atoms with Gasteiger partial charge in [-0.1, -0.05) is 54.6 Å². The topological polar surface area (TPSA) is 103 Å². The number of carbonyl (C=O) groups is 1. The average molecular weight is 905 g/mol. The van der Waals surface area contributed by atoms with Gasteiger partial charge in [-0.05, 0) is 102 Å². The highest BCUT2D eigenvalue weighted by Gasteiger charge is 2.42. The number of nitriles is 1. The van der Waals surface area contributed by atoms with Crippen LogP contribution in [0.5, 0.6) is 0 Å². The fourth-order valence-electron chi connectivity index (χ4n) is 9.57. The molecule has 3 fully saturated rings. The highest BCUT2D eigenvalue weighted by Crippen LogP contribution is 2.37. The minimum Gasteiger partial charge on any atom is -0.437 e. The molecule has 65 heavy (non-hydrogen) atoms. The number of aromatic nitrogens is 2. The van der Waals surface area contributed by atoms with E-state index in [1.165, 1.54) is 30.6 Å². The molecule has 0 bridgehead atoms. The van der Waals surface area contributed by atoms with Gasteiger partial charge in [0.25, 0.3) is 5.91 Å². The molecular formula is C48H59BF6N8O2. The van der Waals surface area contributed by atoms with Crippen molar-refractivity contribution in [2.45, 2.75) is 103 Å². The Kier molecular flexibility index (Phi) is 15.8. The Hall–Kier alpha value is -4.86. The Balaban J connectivity index is 0.000000257. The normalized spacial score (nSPS) is 21.1. The number of benzene rings is 3. The molecular weight excluding hydrogens is 845 g/mol. The molecule has 0 spiro atoms. The number of piperazine rings is 2. The molecule has 3 aliphatic rings. The van der Waals surface area contributed by atoms with E-state index < -0.39 is 36.6 Å². The van der Waals surface area contributed by atoms with Gasteiger partial charge in [0.1, 0.15) is 12.4 Å². The van der Waals surface area contributed by atoms with Crippen molar-refractivity contribution in [1.82, 2.24) is 34.4 Å². The second kappa shape index (κ2) is 20.8. The van der Waals surface area contributed by atoms with Crippen molar-refractivity contribution in [2.24, 2.45) is 0 Å². The van der Waals surface area contributed by atoms with Crippen LogP contribution in [0.2, 0.25) is 6.82 Å². The summed E-state index contributed by atoms with van der Waals surface area (Å²) in [5, 5.41) is 19.1. The highest BCUT2D eigenvalue weighted by atomic mass is 19.4. The van der Waals surface area contributed by atoms with Crippen LogP contribution >= 0.6 is 0 Å². The van der Waals surface area contributed by atoms with Gasteiger partial charge in [-0.2, -0.15) is 31.6 Å². The molecule has 4 heterocycles. The molecule has 7 rings (SSSR count). The summed E-state index contributed by atoms with van der Waals surface area (Å²) in [6.07, 6.45) is -4.75. The Morgan fingerprint density at radius 3 is 1.80 bits per heavy atom. The third-order valence-electron chi connectivity index (χ3n) is 13.6. The summed E-state index contributed by atoms with van der Waals surface area (Å²) in [5.41, 5.74) is 3.28. The Morgan fingerprint density at radius 2 is 1.31 bits per heavy atom. The zero-order valence-corrected chi connectivity index (χ0v) is 37.9. The molecule has 348 valence electrons. The van der Waals surface area contributed by atoms with E-state index in [0.717, 1.165) is 62.2 Å². The first-order chi connectivity index (χ1) is 30.7. The molecule has 3 aromatic carbocycles. The van der Waals surface area contributed by atoms with E-state index in [4.69, 9.17) is 0 Å². The maximum Gasteiger partial charge on any atom is 0.416 e. The Bertz CT molecular complexity index is 2210. The maximum absolute atomic E-state index is 13.3. The first-order valence-corrected chi connectivity index (χ1v) is 22.2. The van der Waals surface area contributed by atoms with Crippen LogP contribution < -0.4 is 0 Å². The van der Waals surface area contributed by atoms with Crippen LogP contribution in [0.15, 0.2) is 85.2 Å². The number of likely N-dealkylation sites (tertiary alicyclic amines) is 1. The molecule has 0 saturated carbocycles. The van der Waals surface area contributed by atoms with E-state index in [2.05, 4.69) is 51.8 Å². The standard InChI is InChI=1S/C33H40F3N5O.C15H19BF3N3O/c1-23-21-40(32(4)14-16-39(17-15-32)31(42)30-24(2)37-22-38-25(30)3)18-19-41(23)29(20-26-8-6-5-7-9-26)27-10-12-28(13-11-27)33(34,35)36;1-11-10-21(16(2)23)7-8-22(11)14(9-20)12-3-5-13(6-4-12)15(17,18)19/h5-13,22-23,29H,14-21H2,1-4H3;3-6,11,14,23H,7-8,10H2,1-2H3/t23-,29-;11-,14?/m00/s1. The quantitative estimate of drug-likeness (QED) is 0.131. The smallest absolute Gasteiger partial charge is 0.416 e. The summed E-state index contributed by atoms with van der Waals surface area (Å²) < 4.78 is 77.8. The molecule has 1 unspecified atom stereocenters. The van der Waals surface area contributed by atoms with Crippen molar-refractivity contribution in [2.75, 3.05) is 52.4 Å². The summed E-state index contributed by atoms with van der Waals surface area (Å²) in [5.74, 6) is 0.00568. The lowest BCUT2D eigenvalue weighted by Gasteiger charge is -2.53. The number of amides is 1. The fraction of sp³-hybridized carbons (Fsp3) is 0.500. The molecule has 17 heteroatoms. The van der Waals surface area contributed by atoms with E-state index in [0.29, 0.717) is 55.2 Å². The fourth-order valence-corrected chi connectivity index (χ4v) is 9.57. The summed E-state index contributed by atoms with van der Waals surface area (Å²) in [6, 6.07) is 22.4. The van der Waals surface area contributed by atoms with Gasteiger partial charge >= 0.3 is 19.4 Å². The van der Waals surface area contributed by atoms with Crippen molar-refractivity contribution in [3.63, 3.8) is 0 Å². The number of carbonyl (C=O) groups excluding carboxylic acids is 1. The summed E-state index contributed by atoms with van der Waals surface area (Å²) in [6.45, 7) is 17.6. The van der Waals surface area contributed by atoms with Crippen molar-refractivity contribution < 1.29 is 36.2 Å². The summed E-state index contributed by atoms with van der Waals surface area (Å²) in [4.78, 5) is 32.6. The molecule has 1 amide bonds. The first kappa shape index (κ1) is 49.6. The zero-order valence-electron chi connectivity index (χ0n) is 37.9. The second-order valence-electron chi connectivity index (χ2n) is 17.9. The predicted molar refractivity (Wildman–Crippen MR) is 238 cm³/mol. The molecule has 10 nitrogen and oxygen atoms in total. The lowest BCUT2D eigenvalue weighted by atomic mass is 9.83. The largest absolute Gasteiger partial charge is 0.437 e. The molecule has 1 N–H and O–H groups in total. The van der Waals surface area contributed by atoms with Gasteiger partial charge in [-0.15, -0.1) is 0 Å². The van der Waals surface area contributed by atoms with Crippen LogP contribution in [0, 0.1) is 25.2 Å². The van der Waals surface area contributed by atoms with Gasteiger partial charge in [0.15, 0.2) is 0 Å². The molecule has 3 aliphatic heterocycles. The van der Waals surface area contributed by atoms with Gasteiger partial charge in [0, 0.05) is 76.0 Å². The minimum atomic E-state index is -4.38. The van der Waals surface area contributed by atoms with Crippen LogP contribution in [0.3, 0.4) is 0 Å². The van der Waals surface area contributed by atoms with Crippen LogP contribution in [-0.2, 0) is 18.8 Å². The third kappa shape index (κ3) is 11.9. The number of nitrogens with zero attached hydrogens (tertiary/aromatic N) is 8. The monoisotopic (exact) mass is 904 g/mol. The van der Waals surface area contributed by atoms with E-state index in [9.17, 15) is 41.4 Å². The Morgan fingerprint density at radius 1 is 0.785 bits per heavy atom. The lowest BCUT2D eigenvalue weighted by Crippen LogP contribution is -2.62. The number of halogens is 6. The van der Waals surface area contributed by atoms with E-state index in [1.54, 1.807) is 19.0 Å². The predicted octanol–water partition coefficient (Wildman–Crippen LogP) is 8.48. The molecule has 4 aromatic rings. The number of hydrogen-bond acceptors (Lipinski definition) is 9. The number of alkyl halides is 6. The van der Waals surface area contributed by atoms with Gasteiger partial charge in [0.05, 0.1) is 34.1 Å². The number of rotatable bonds is 9. The highest BCUT2D eigenvalue weighted by molar-refractivity contribution is 6.45. The third-order valence-corrected chi connectivity index (χ3v) is 13.6. The molecule has 4 atom stereocenters. The number of hydrogen-bond donors (Lipinski definition) is 1. The zero-order chi connectivity index (χ0) is 47.3. The van der Waals surface area contributed by atoms with E-state index in [-0.39, 0.29) is 29.6 Å². The number of aryl methyl sites for hydroxylation is 2. The lowest BCUT2D eigenvalue weighted by molar-refractivity contribution is -0.138. The molecule has 0 radical (unpaired) electrons. The van der Waals surface area contributed by atoms with E-state index >= 15 is 0 Å². The van der Waals surface area contributed by atoms with Crippen molar-refractivity contribution in [3.05, 3.63) is 130 Å². The van der Waals surface area contributed by atoms with Crippen molar-refractivity contribution in [3.8, 4) is 6.07 Å². The van der Waals surface area contributed by atoms with Crippen LogP contribution in [0.25, 0.3) is 0 Å². The van der Waals surface area contributed by atoms with Crippen molar-refractivity contribution >= 4 is 13.0 Å². The second-order valence-corrected chi connectivity index (χ2v) is 17.9. The van der Waals surface area contributed by atoms with Crippen molar-refractivity contribution in [1.29, 1.82) is 5.26 Å². The average Bonchev–Trinajstić information content (AvgIpc) is 3.27. The van der Waals surface area contributed by atoms with E-state index in [1.807, 2.05) is 53.6 Å². The van der Waals surface area contributed by atoms with Crippen LogP contribution in [0.1, 0.15) is 95.3 Å². The Labute approximate surface area is 379 Å². The maximum atomic E-state index is 13.3. The van der Waals surface area contributed by atoms with Gasteiger partial charge in [-0.3, -0.25) is 19.5 Å². The van der Waals surface area contributed by atoms with Gasteiger partial charge in [0.2, 0.25) is 0 Å². The summed E-state index contributed by atoms with van der Waals surface area (Å²) in [7, 11) is -0.550. The van der Waals surface area contributed by atoms with Gasteiger partial charge < -0.3 is 14.7 Å². The first-order valence-electron chi connectivity index (χ1n) is 22.2. The van der Waals surface area contributed by atoms with Crippen LogP contribution in [-0.4, -0.2) is 122 Å². The SMILES string of the molecule is CB(O)N1CCN(C(C#N)c2ccc(C(F)(F)F)cc2)[C@@H](C)C1.Cc1ncnc(C)c1C(=O)N1CCC(C)(N2CCN([C@@H](Cc3ccccc3)c3ccc(C(F)(F)F)cc3)[C@@H](C)C2)CC1. The minimum absolute atomic E-state index is 0.00568. The van der Waals surface area contributed by atoms with Crippen LogP contribution in [0.4, 0.5) is 26.3 Å². The summed E-state index contributed by atoms with van der Waals surface area (Å²) >= 11 is 0. The van der Waals surface area contributed by atoms with Gasteiger partial charge in [-0.25, -0.2) is 9.97 Å². The number of piperidine rings is 1. The molecule has 1 aromatic heterocycles. The molecule has 0 aliphatic carbocycles.